The lowest BCUT2D eigenvalue weighted by Crippen LogP contribution is -2.34. The lowest BCUT2D eigenvalue weighted by molar-refractivity contribution is 0.243. The van der Waals surface area contributed by atoms with Crippen LogP contribution in [0.15, 0.2) is 0 Å². The van der Waals surface area contributed by atoms with Crippen LogP contribution in [0.4, 0.5) is 0 Å². The van der Waals surface area contributed by atoms with E-state index in [0.717, 1.165) is 13.1 Å². The van der Waals surface area contributed by atoms with Crippen molar-refractivity contribution in [2.24, 2.45) is 0 Å². The molecule has 0 heterocycles. The summed E-state index contributed by atoms with van der Waals surface area (Å²) in [5.74, 6) is 0. The first-order valence-electron chi connectivity index (χ1n) is 7.43. The summed E-state index contributed by atoms with van der Waals surface area (Å²) in [5.41, 5.74) is 0. The summed E-state index contributed by atoms with van der Waals surface area (Å²) in [5, 5.41) is 3.47. The van der Waals surface area contributed by atoms with Gasteiger partial charge in [0, 0.05) is 13.1 Å². The van der Waals surface area contributed by atoms with Crippen LogP contribution >= 0.6 is 0 Å². The minimum atomic E-state index is 1.13. The molecular formula is C14H33N3. The van der Waals surface area contributed by atoms with Crippen LogP contribution in [0.5, 0.6) is 0 Å². The number of nitrogens with one attached hydrogen (secondary N) is 1. The van der Waals surface area contributed by atoms with Gasteiger partial charge in [-0.2, -0.15) is 0 Å². The number of rotatable bonds is 12. The van der Waals surface area contributed by atoms with Crippen LogP contribution in [-0.2, 0) is 0 Å². The fourth-order valence-electron chi connectivity index (χ4n) is 2.02. The third-order valence-corrected chi connectivity index (χ3v) is 3.32. The Labute approximate surface area is 109 Å². The zero-order valence-corrected chi connectivity index (χ0v) is 12.5. The monoisotopic (exact) mass is 243 g/mol. The molecule has 0 aromatic heterocycles. The Morgan fingerprint density at radius 1 is 0.706 bits per heavy atom. The standard InChI is InChI=1S/C14H33N3/c1-5-10-15-11-14-17(8-4)13-9-12-16(6-2)7-3/h15H,5-14H2,1-4H3. The summed E-state index contributed by atoms with van der Waals surface area (Å²) in [6.45, 7) is 18.5. The fraction of sp³-hybridized carbons (Fsp3) is 1.00. The Morgan fingerprint density at radius 3 is 1.82 bits per heavy atom. The normalized spacial score (nSPS) is 11.6. The molecule has 104 valence electrons. The Hall–Kier alpha value is -0.120. The Kier molecular flexibility index (Phi) is 12.3. The molecule has 0 saturated heterocycles. The van der Waals surface area contributed by atoms with Crippen LogP contribution in [0, 0.1) is 0 Å². The van der Waals surface area contributed by atoms with Gasteiger partial charge in [-0.15, -0.1) is 0 Å². The molecule has 0 spiro atoms. The molecule has 0 aliphatic rings. The molecule has 0 radical (unpaired) electrons. The molecular weight excluding hydrogens is 210 g/mol. The molecule has 0 aromatic rings. The van der Waals surface area contributed by atoms with Gasteiger partial charge in [-0.25, -0.2) is 0 Å². The van der Waals surface area contributed by atoms with Gasteiger partial charge in [0.25, 0.3) is 0 Å². The molecule has 3 nitrogen and oxygen atoms in total. The Balaban J connectivity index is 3.53. The highest BCUT2D eigenvalue weighted by Crippen LogP contribution is 1.95. The molecule has 17 heavy (non-hydrogen) atoms. The first kappa shape index (κ1) is 16.9. The smallest absolute Gasteiger partial charge is 0.0107 e. The third kappa shape index (κ3) is 9.57. The lowest BCUT2D eigenvalue weighted by atomic mass is 10.3. The van der Waals surface area contributed by atoms with Crippen molar-refractivity contribution >= 4 is 0 Å². The molecule has 0 unspecified atom stereocenters. The predicted molar refractivity (Wildman–Crippen MR) is 77.7 cm³/mol. The van der Waals surface area contributed by atoms with E-state index < -0.39 is 0 Å². The zero-order valence-electron chi connectivity index (χ0n) is 12.5. The molecule has 0 atom stereocenters. The quantitative estimate of drug-likeness (QED) is 0.529. The van der Waals surface area contributed by atoms with Gasteiger partial charge in [-0.05, 0) is 52.1 Å². The maximum atomic E-state index is 3.47. The molecule has 0 saturated carbocycles. The predicted octanol–water partition coefficient (Wildman–Crippen LogP) is 2.04. The van der Waals surface area contributed by atoms with E-state index in [1.165, 1.54) is 52.1 Å². The van der Waals surface area contributed by atoms with Crippen molar-refractivity contribution in [2.45, 2.75) is 40.5 Å². The second kappa shape index (κ2) is 12.3. The highest BCUT2D eigenvalue weighted by Gasteiger charge is 2.03. The summed E-state index contributed by atoms with van der Waals surface area (Å²) in [4.78, 5) is 5.05. The molecule has 0 aliphatic carbocycles. The summed E-state index contributed by atoms with van der Waals surface area (Å²) >= 11 is 0. The summed E-state index contributed by atoms with van der Waals surface area (Å²) in [6.07, 6.45) is 2.53. The van der Waals surface area contributed by atoms with Crippen molar-refractivity contribution < 1.29 is 0 Å². The van der Waals surface area contributed by atoms with Crippen LogP contribution in [0.2, 0.25) is 0 Å². The first-order chi connectivity index (χ1) is 8.28. The summed E-state index contributed by atoms with van der Waals surface area (Å²) in [6, 6.07) is 0. The van der Waals surface area contributed by atoms with E-state index in [4.69, 9.17) is 0 Å². The van der Waals surface area contributed by atoms with Crippen LogP contribution in [0.25, 0.3) is 0 Å². The molecule has 1 N–H and O–H groups in total. The molecule has 0 bridgehead atoms. The highest BCUT2D eigenvalue weighted by molar-refractivity contribution is 4.60. The van der Waals surface area contributed by atoms with Crippen molar-refractivity contribution in [1.29, 1.82) is 0 Å². The molecule has 3 heteroatoms. The number of hydrogen-bond donors (Lipinski definition) is 1. The highest BCUT2D eigenvalue weighted by atomic mass is 15.1. The van der Waals surface area contributed by atoms with Gasteiger partial charge in [-0.1, -0.05) is 27.7 Å². The van der Waals surface area contributed by atoms with Crippen molar-refractivity contribution in [3.05, 3.63) is 0 Å². The maximum absolute atomic E-state index is 3.47. The van der Waals surface area contributed by atoms with Crippen molar-refractivity contribution in [2.75, 3.05) is 52.4 Å². The number of nitrogens with zero attached hydrogens (tertiary/aromatic N) is 2. The van der Waals surface area contributed by atoms with Gasteiger partial charge in [0.1, 0.15) is 0 Å². The minimum Gasteiger partial charge on any atom is -0.315 e. The molecule has 0 fully saturated rings. The molecule has 0 amide bonds. The molecule has 0 rings (SSSR count). The number of likely N-dealkylation sites (N-methyl/N-ethyl adjacent to an activating group) is 1. The van der Waals surface area contributed by atoms with Crippen molar-refractivity contribution in [1.82, 2.24) is 15.1 Å². The number of hydrogen-bond acceptors (Lipinski definition) is 3. The largest absolute Gasteiger partial charge is 0.315 e. The van der Waals surface area contributed by atoms with Crippen LogP contribution in [0.1, 0.15) is 40.5 Å². The van der Waals surface area contributed by atoms with E-state index in [9.17, 15) is 0 Å². The van der Waals surface area contributed by atoms with Gasteiger partial charge < -0.3 is 15.1 Å². The first-order valence-corrected chi connectivity index (χ1v) is 7.43. The molecule has 0 aliphatic heterocycles. The van der Waals surface area contributed by atoms with Gasteiger partial charge in [-0.3, -0.25) is 0 Å². The van der Waals surface area contributed by atoms with E-state index in [0.29, 0.717) is 0 Å². The zero-order chi connectivity index (χ0) is 12.9. The third-order valence-electron chi connectivity index (χ3n) is 3.32. The van der Waals surface area contributed by atoms with Gasteiger partial charge >= 0.3 is 0 Å². The van der Waals surface area contributed by atoms with Crippen molar-refractivity contribution in [3.63, 3.8) is 0 Å². The van der Waals surface area contributed by atoms with Gasteiger partial charge in [0.15, 0.2) is 0 Å². The Morgan fingerprint density at radius 2 is 1.29 bits per heavy atom. The molecule has 0 aromatic carbocycles. The van der Waals surface area contributed by atoms with E-state index >= 15 is 0 Å². The van der Waals surface area contributed by atoms with Crippen molar-refractivity contribution in [3.8, 4) is 0 Å². The second-order valence-electron chi connectivity index (χ2n) is 4.56. The second-order valence-corrected chi connectivity index (χ2v) is 4.56. The van der Waals surface area contributed by atoms with Gasteiger partial charge in [0.2, 0.25) is 0 Å². The van der Waals surface area contributed by atoms with Crippen LogP contribution in [0.3, 0.4) is 0 Å². The summed E-state index contributed by atoms with van der Waals surface area (Å²) < 4.78 is 0. The van der Waals surface area contributed by atoms with E-state index in [2.05, 4.69) is 42.8 Å². The van der Waals surface area contributed by atoms with E-state index in [-0.39, 0.29) is 0 Å². The van der Waals surface area contributed by atoms with E-state index in [1.807, 2.05) is 0 Å². The maximum Gasteiger partial charge on any atom is 0.0107 e. The van der Waals surface area contributed by atoms with Crippen LogP contribution in [-0.4, -0.2) is 62.2 Å². The van der Waals surface area contributed by atoms with Crippen LogP contribution < -0.4 is 5.32 Å². The topological polar surface area (TPSA) is 18.5 Å². The average Bonchev–Trinajstić information content (AvgIpc) is 2.37. The summed E-state index contributed by atoms with van der Waals surface area (Å²) in [7, 11) is 0. The van der Waals surface area contributed by atoms with Gasteiger partial charge in [0.05, 0.1) is 0 Å². The fourth-order valence-corrected chi connectivity index (χ4v) is 2.02. The minimum absolute atomic E-state index is 1.13. The lowest BCUT2D eigenvalue weighted by Gasteiger charge is -2.23. The SMILES string of the molecule is CCCNCCN(CC)CCCN(CC)CC. The average molecular weight is 243 g/mol. The Bertz CT molecular complexity index is 146. The van der Waals surface area contributed by atoms with E-state index in [1.54, 1.807) is 0 Å².